The van der Waals surface area contributed by atoms with Gasteiger partial charge in [0.1, 0.15) is 12.2 Å². The van der Waals surface area contributed by atoms with Gasteiger partial charge in [-0.3, -0.25) is 14.9 Å². The monoisotopic (exact) mass is 570 g/mol. The Balaban J connectivity index is 1.70. The zero-order chi connectivity index (χ0) is 27.4. The lowest BCUT2D eigenvalue weighted by Crippen LogP contribution is -2.54. The highest BCUT2D eigenvalue weighted by Gasteiger charge is 2.37. The number of nitrogens with zero attached hydrogens (tertiary/aromatic N) is 1. The maximum Gasteiger partial charge on any atom is 0.335 e. The fourth-order valence-electron chi connectivity index (χ4n) is 3.81. The van der Waals surface area contributed by atoms with E-state index in [0.717, 1.165) is 16.0 Å². The molecule has 3 aromatic rings. The van der Waals surface area contributed by atoms with Crippen LogP contribution in [-0.4, -0.2) is 25.0 Å². The summed E-state index contributed by atoms with van der Waals surface area (Å²) < 4.78 is 11.6. The molecule has 1 saturated heterocycles. The lowest BCUT2D eigenvalue weighted by atomic mass is 10.0. The molecule has 0 aromatic heterocycles. The van der Waals surface area contributed by atoms with E-state index < -0.39 is 17.8 Å². The summed E-state index contributed by atoms with van der Waals surface area (Å²) in [5, 5.41) is 3.22. The number of anilines is 1. The van der Waals surface area contributed by atoms with E-state index in [-0.39, 0.29) is 27.9 Å². The van der Waals surface area contributed by atoms with Gasteiger partial charge in [-0.05, 0) is 66.1 Å². The molecular formula is C28H21Cl3N2O5. The van der Waals surface area contributed by atoms with E-state index in [2.05, 4.69) is 11.9 Å². The molecule has 194 valence electrons. The van der Waals surface area contributed by atoms with Gasteiger partial charge in [0.05, 0.1) is 22.8 Å². The van der Waals surface area contributed by atoms with Crippen molar-refractivity contribution in [3.63, 3.8) is 0 Å². The third-order valence-electron chi connectivity index (χ3n) is 5.61. The number of halogens is 3. The second-order valence-electron chi connectivity index (χ2n) is 8.18. The van der Waals surface area contributed by atoms with Crippen molar-refractivity contribution < 1.29 is 23.9 Å². The van der Waals surface area contributed by atoms with Crippen LogP contribution in [0, 0.1) is 0 Å². The smallest absolute Gasteiger partial charge is 0.335 e. The van der Waals surface area contributed by atoms with Crippen LogP contribution in [0.3, 0.4) is 0 Å². The lowest BCUT2D eigenvalue weighted by Gasteiger charge is -2.26. The van der Waals surface area contributed by atoms with Gasteiger partial charge in [-0.1, -0.05) is 53.0 Å². The molecule has 10 heteroatoms. The number of rotatable bonds is 8. The van der Waals surface area contributed by atoms with Gasteiger partial charge in [-0.25, -0.2) is 9.69 Å². The van der Waals surface area contributed by atoms with Gasteiger partial charge >= 0.3 is 6.03 Å². The third kappa shape index (κ3) is 5.86. The molecule has 38 heavy (non-hydrogen) atoms. The lowest BCUT2D eigenvalue weighted by molar-refractivity contribution is -0.122. The summed E-state index contributed by atoms with van der Waals surface area (Å²) in [7, 11) is 1.49. The maximum absolute atomic E-state index is 13.3. The quantitative estimate of drug-likeness (QED) is 0.186. The van der Waals surface area contributed by atoms with Gasteiger partial charge in [0.25, 0.3) is 11.8 Å². The Kier molecular flexibility index (Phi) is 8.42. The molecule has 0 atom stereocenters. The van der Waals surface area contributed by atoms with E-state index in [1.165, 1.54) is 31.4 Å². The van der Waals surface area contributed by atoms with Crippen molar-refractivity contribution >= 4 is 64.4 Å². The van der Waals surface area contributed by atoms with Crippen molar-refractivity contribution in [1.29, 1.82) is 0 Å². The number of imide groups is 2. The van der Waals surface area contributed by atoms with Crippen LogP contribution in [0.15, 0.2) is 72.8 Å². The number of carbonyl (C=O) groups is 3. The highest BCUT2D eigenvalue weighted by molar-refractivity contribution is 6.43. The van der Waals surface area contributed by atoms with E-state index in [1.54, 1.807) is 30.3 Å². The van der Waals surface area contributed by atoms with E-state index in [9.17, 15) is 14.4 Å². The Labute approximate surface area is 234 Å². The first-order valence-corrected chi connectivity index (χ1v) is 12.4. The van der Waals surface area contributed by atoms with Crippen LogP contribution in [0.2, 0.25) is 15.1 Å². The zero-order valence-electron chi connectivity index (χ0n) is 20.1. The molecule has 0 aliphatic carbocycles. The van der Waals surface area contributed by atoms with E-state index in [0.29, 0.717) is 28.5 Å². The van der Waals surface area contributed by atoms with Crippen molar-refractivity contribution in [3.8, 4) is 11.5 Å². The molecule has 7 nitrogen and oxygen atoms in total. The normalized spacial score (nSPS) is 14.5. The number of carbonyl (C=O) groups excluding carboxylic acids is 3. The molecule has 4 amide bonds. The number of barbiturate groups is 1. The van der Waals surface area contributed by atoms with Crippen molar-refractivity contribution in [2.75, 3.05) is 12.0 Å². The Bertz CT molecular complexity index is 1470. The molecule has 1 aliphatic heterocycles. The molecular weight excluding hydrogens is 551 g/mol. The maximum atomic E-state index is 13.3. The fraction of sp³-hybridized carbons (Fsp3) is 0.107. The minimum Gasteiger partial charge on any atom is -0.493 e. The largest absolute Gasteiger partial charge is 0.493 e. The van der Waals surface area contributed by atoms with Gasteiger partial charge in [0.15, 0.2) is 11.5 Å². The standard InChI is InChI=1S/C28H21Cl3N2O5/c1-3-4-18-11-17(13-24(37-2)25(18)38-15-16-5-7-19(29)8-6-16)12-21-26(34)32-28(36)33(27(21)35)20-9-10-22(30)23(31)14-20/h3,5-14H,1,4,15H2,2H3,(H,32,34,36)/b21-12+. The van der Waals surface area contributed by atoms with Gasteiger partial charge < -0.3 is 9.47 Å². The number of nitrogens with one attached hydrogen (secondary N) is 1. The van der Waals surface area contributed by atoms with Crippen LogP contribution in [0.5, 0.6) is 11.5 Å². The van der Waals surface area contributed by atoms with E-state index in [4.69, 9.17) is 44.3 Å². The van der Waals surface area contributed by atoms with Crippen LogP contribution in [0.25, 0.3) is 6.08 Å². The van der Waals surface area contributed by atoms with E-state index >= 15 is 0 Å². The summed E-state index contributed by atoms with van der Waals surface area (Å²) in [5.74, 6) is -0.754. The second kappa shape index (κ2) is 11.7. The second-order valence-corrected chi connectivity index (χ2v) is 9.43. The van der Waals surface area contributed by atoms with Gasteiger partial charge in [0, 0.05) is 10.6 Å². The van der Waals surface area contributed by atoms with Gasteiger partial charge in [-0.2, -0.15) is 0 Å². The predicted octanol–water partition coefficient (Wildman–Crippen LogP) is 6.63. The third-order valence-corrected chi connectivity index (χ3v) is 6.60. The minimum atomic E-state index is -0.897. The molecule has 0 radical (unpaired) electrons. The Morgan fingerprint density at radius 3 is 2.37 bits per heavy atom. The molecule has 1 aliphatic rings. The zero-order valence-corrected chi connectivity index (χ0v) is 22.4. The van der Waals surface area contributed by atoms with E-state index in [1.807, 2.05) is 12.1 Å². The number of methoxy groups -OCH3 is 1. The summed E-state index contributed by atoms with van der Waals surface area (Å²) >= 11 is 18.0. The van der Waals surface area contributed by atoms with Crippen LogP contribution in [0.4, 0.5) is 10.5 Å². The summed E-state index contributed by atoms with van der Waals surface area (Å²) in [6.45, 7) is 4.07. The predicted molar refractivity (Wildman–Crippen MR) is 148 cm³/mol. The summed E-state index contributed by atoms with van der Waals surface area (Å²) in [6, 6.07) is 14.0. The first-order valence-electron chi connectivity index (χ1n) is 11.3. The Morgan fingerprint density at radius 2 is 1.71 bits per heavy atom. The molecule has 0 saturated carbocycles. The number of allylic oxidation sites excluding steroid dienone is 1. The number of urea groups is 1. The first-order chi connectivity index (χ1) is 18.2. The summed E-state index contributed by atoms with van der Waals surface area (Å²) in [6.07, 6.45) is 3.51. The Morgan fingerprint density at radius 1 is 0.974 bits per heavy atom. The molecule has 4 rings (SSSR count). The molecule has 0 bridgehead atoms. The topological polar surface area (TPSA) is 84.9 Å². The molecule has 0 spiro atoms. The number of amides is 4. The number of ether oxygens (including phenoxy) is 2. The first kappa shape index (κ1) is 27.3. The number of hydrogen-bond donors (Lipinski definition) is 1. The average molecular weight is 572 g/mol. The van der Waals surface area contributed by atoms with Crippen molar-refractivity contribution in [3.05, 3.63) is 105 Å². The highest BCUT2D eigenvalue weighted by atomic mass is 35.5. The van der Waals surface area contributed by atoms with Crippen molar-refractivity contribution in [2.45, 2.75) is 13.0 Å². The SMILES string of the molecule is C=CCc1cc(/C=C2\C(=O)NC(=O)N(c3ccc(Cl)c(Cl)c3)C2=O)cc(OC)c1OCc1ccc(Cl)cc1. The Hall–Kier alpha value is -3.78. The van der Waals surface area contributed by atoms with Crippen LogP contribution < -0.4 is 19.7 Å². The molecule has 1 fully saturated rings. The number of hydrogen-bond acceptors (Lipinski definition) is 5. The van der Waals surface area contributed by atoms with Crippen LogP contribution >= 0.6 is 34.8 Å². The average Bonchev–Trinajstić information content (AvgIpc) is 2.88. The molecule has 0 unspecified atom stereocenters. The van der Waals surface area contributed by atoms with Crippen LogP contribution in [0.1, 0.15) is 16.7 Å². The molecule has 3 aromatic carbocycles. The minimum absolute atomic E-state index is 0.153. The highest BCUT2D eigenvalue weighted by Crippen LogP contribution is 2.36. The molecule has 1 N–H and O–H groups in total. The van der Waals surface area contributed by atoms with Crippen molar-refractivity contribution in [1.82, 2.24) is 5.32 Å². The summed E-state index contributed by atoms with van der Waals surface area (Å²) in [5.41, 5.74) is 2.03. The molecule has 1 heterocycles. The van der Waals surface area contributed by atoms with Gasteiger partial charge in [-0.15, -0.1) is 6.58 Å². The van der Waals surface area contributed by atoms with Crippen LogP contribution in [-0.2, 0) is 22.6 Å². The fourth-order valence-corrected chi connectivity index (χ4v) is 4.23. The van der Waals surface area contributed by atoms with Gasteiger partial charge in [0.2, 0.25) is 0 Å². The number of benzene rings is 3. The summed E-state index contributed by atoms with van der Waals surface area (Å²) in [4.78, 5) is 39.3. The van der Waals surface area contributed by atoms with Crippen molar-refractivity contribution in [2.24, 2.45) is 0 Å².